The lowest BCUT2D eigenvalue weighted by molar-refractivity contribution is -0.149. The summed E-state index contributed by atoms with van der Waals surface area (Å²) in [4.78, 5) is 21.1. The van der Waals surface area contributed by atoms with Crippen LogP contribution in [0.5, 0.6) is 0 Å². The van der Waals surface area contributed by atoms with Crippen molar-refractivity contribution in [1.29, 1.82) is 0 Å². The van der Waals surface area contributed by atoms with Gasteiger partial charge in [-0.1, -0.05) is 0 Å². The maximum Gasteiger partial charge on any atom is 0.508 e. The molecule has 0 amide bonds. The van der Waals surface area contributed by atoms with Gasteiger partial charge in [-0.3, -0.25) is 4.79 Å². The minimum Gasteiger partial charge on any atom is -0.465 e. The molecule has 1 aliphatic rings. The summed E-state index contributed by atoms with van der Waals surface area (Å²) in [5.74, 6) is -0.349. The average molecular weight is 188 g/mol. The first-order chi connectivity index (χ1) is 6.02. The van der Waals surface area contributed by atoms with Gasteiger partial charge < -0.3 is 14.2 Å². The van der Waals surface area contributed by atoms with Gasteiger partial charge >= 0.3 is 12.1 Å². The van der Waals surface area contributed by atoms with Crippen molar-refractivity contribution >= 4 is 12.1 Å². The van der Waals surface area contributed by atoms with Crippen molar-refractivity contribution in [3.63, 3.8) is 0 Å². The maximum absolute atomic E-state index is 10.5. The van der Waals surface area contributed by atoms with Crippen molar-refractivity contribution in [2.24, 2.45) is 5.41 Å². The van der Waals surface area contributed by atoms with Crippen LogP contribution in [0.15, 0.2) is 0 Å². The van der Waals surface area contributed by atoms with Crippen LogP contribution >= 0.6 is 0 Å². The van der Waals surface area contributed by atoms with Gasteiger partial charge in [-0.15, -0.1) is 0 Å². The maximum atomic E-state index is 10.5. The number of hydrogen-bond donors (Lipinski definition) is 0. The van der Waals surface area contributed by atoms with Crippen molar-refractivity contribution in [1.82, 2.24) is 0 Å². The third-order valence-electron chi connectivity index (χ3n) is 1.70. The molecule has 74 valence electrons. The van der Waals surface area contributed by atoms with Crippen molar-refractivity contribution < 1.29 is 23.8 Å². The van der Waals surface area contributed by atoms with E-state index in [1.165, 1.54) is 6.92 Å². The normalized spacial score (nSPS) is 20.0. The lowest BCUT2D eigenvalue weighted by Gasteiger charge is -2.31. The third-order valence-corrected chi connectivity index (χ3v) is 1.70. The molecule has 0 aromatic heterocycles. The van der Waals surface area contributed by atoms with E-state index in [-0.39, 0.29) is 25.8 Å². The minimum absolute atomic E-state index is 0.204. The highest BCUT2D eigenvalue weighted by molar-refractivity contribution is 5.66. The van der Waals surface area contributed by atoms with Gasteiger partial charge in [0.1, 0.15) is 19.8 Å². The molecular weight excluding hydrogens is 176 g/mol. The summed E-state index contributed by atoms with van der Waals surface area (Å²) in [5, 5.41) is 0. The molecule has 0 bridgehead atoms. The van der Waals surface area contributed by atoms with Crippen LogP contribution in [0.25, 0.3) is 0 Å². The van der Waals surface area contributed by atoms with E-state index in [0.717, 1.165) is 0 Å². The monoisotopic (exact) mass is 188 g/mol. The quantitative estimate of drug-likeness (QED) is 0.597. The van der Waals surface area contributed by atoms with Crippen LogP contribution in [0, 0.1) is 5.41 Å². The Hall–Kier alpha value is -1.26. The largest absolute Gasteiger partial charge is 0.508 e. The van der Waals surface area contributed by atoms with E-state index in [0.29, 0.717) is 0 Å². The molecule has 1 saturated heterocycles. The van der Waals surface area contributed by atoms with E-state index in [9.17, 15) is 9.59 Å². The highest BCUT2D eigenvalue weighted by Crippen LogP contribution is 2.22. The number of cyclic esters (lactones) is 2. The summed E-state index contributed by atoms with van der Waals surface area (Å²) in [6, 6.07) is 0. The lowest BCUT2D eigenvalue weighted by Crippen LogP contribution is -2.40. The molecule has 0 atom stereocenters. The number of carbonyl (C=O) groups excluding carboxylic acids is 2. The molecule has 0 unspecified atom stereocenters. The Balaban J connectivity index is 2.38. The van der Waals surface area contributed by atoms with E-state index in [4.69, 9.17) is 4.74 Å². The molecule has 5 nitrogen and oxygen atoms in total. The number of esters is 1. The van der Waals surface area contributed by atoms with Crippen molar-refractivity contribution in [3.05, 3.63) is 0 Å². The SMILES string of the molecule is CC(=O)OCC1(C)COC(=O)OC1. The van der Waals surface area contributed by atoms with Gasteiger partial charge in [-0.05, 0) is 6.92 Å². The third kappa shape index (κ3) is 2.93. The topological polar surface area (TPSA) is 61.8 Å². The van der Waals surface area contributed by atoms with Crippen LogP contribution in [0.4, 0.5) is 4.79 Å². The van der Waals surface area contributed by atoms with Gasteiger partial charge in [-0.2, -0.15) is 0 Å². The molecule has 0 aromatic carbocycles. The highest BCUT2D eigenvalue weighted by atomic mass is 16.7. The second kappa shape index (κ2) is 3.64. The predicted octanol–water partition coefficient (Wildman–Crippen LogP) is 0.723. The van der Waals surface area contributed by atoms with Gasteiger partial charge in [0.25, 0.3) is 0 Å². The fraction of sp³-hybridized carbons (Fsp3) is 0.750. The minimum atomic E-state index is -0.666. The zero-order chi connectivity index (χ0) is 9.90. The molecule has 1 aliphatic heterocycles. The Kier molecular flexibility index (Phi) is 2.75. The molecule has 0 aromatic rings. The van der Waals surface area contributed by atoms with E-state index < -0.39 is 11.6 Å². The van der Waals surface area contributed by atoms with E-state index in [2.05, 4.69) is 9.47 Å². The Bertz CT molecular complexity index is 213. The fourth-order valence-electron chi connectivity index (χ4n) is 0.909. The summed E-state index contributed by atoms with van der Waals surface area (Å²) < 4.78 is 14.2. The average Bonchev–Trinajstić information content (AvgIpc) is 2.08. The summed E-state index contributed by atoms with van der Waals surface area (Å²) in [6.45, 7) is 3.80. The zero-order valence-corrected chi connectivity index (χ0v) is 7.66. The van der Waals surface area contributed by atoms with Gasteiger partial charge in [0, 0.05) is 6.92 Å². The second-order valence-electron chi connectivity index (χ2n) is 3.42. The van der Waals surface area contributed by atoms with Gasteiger partial charge in [0.15, 0.2) is 0 Å². The second-order valence-corrected chi connectivity index (χ2v) is 3.42. The summed E-state index contributed by atoms with van der Waals surface area (Å²) >= 11 is 0. The Morgan fingerprint density at radius 3 is 2.54 bits per heavy atom. The summed E-state index contributed by atoms with van der Waals surface area (Å²) in [7, 11) is 0. The van der Waals surface area contributed by atoms with Gasteiger partial charge in [-0.25, -0.2) is 4.79 Å². The van der Waals surface area contributed by atoms with Crippen LogP contribution in [0.1, 0.15) is 13.8 Å². The summed E-state index contributed by atoms with van der Waals surface area (Å²) in [6.07, 6.45) is -0.666. The first-order valence-electron chi connectivity index (χ1n) is 3.95. The molecule has 1 fully saturated rings. The number of hydrogen-bond acceptors (Lipinski definition) is 5. The standard InChI is InChI=1S/C8H12O5/c1-6(9)11-3-8(2)4-12-7(10)13-5-8/h3-5H2,1-2H3. The van der Waals surface area contributed by atoms with Gasteiger partial charge in [0.05, 0.1) is 5.41 Å². The first-order valence-corrected chi connectivity index (χ1v) is 3.95. The van der Waals surface area contributed by atoms with Crippen molar-refractivity contribution in [2.75, 3.05) is 19.8 Å². The van der Waals surface area contributed by atoms with E-state index in [1.807, 2.05) is 6.92 Å². The van der Waals surface area contributed by atoms with Crippen LogP contribution in [-0.2, 0) is 19.0 Å². The molecule has 0 spiro atoms. The van der Waals surface area contributed by atoms with E-state index in [1.54, 1.807) is 0 Å². The Labute approximate surface area is 76.0 Å². The number of carbonyl (C=O) groups is 2. The van der Waals surface area contributed by atoms with Gasteiger partial charge in [0.2, 0.25) is 0 Å². The Morgan fingerprint density at radius 1 is 1.54 bits per heavy atom. The number of ether oxygens (including phenoxy) is 3. The molecule has 0 radical (unpaired) electrons. The smallest absolute Gasteiger partial charge is 0.465 e. The highest BCUT2D eigenvalue weighted by Gasteiger charge is 2.34. The molecule has 13 heavy (non-hydrogen) atoms. The molecule has 0 saturated carbocycles. The first kappa shape index (κ1) is 9.83. The summed E-state index contributed by atoms with van der Waals surface area (Å²) in [5.41, 5.74) is -0.417. The fourth-order valence-corrected chi connectivity index (χ4v) is 0.909. The van der Waals surface area contributed by atoms with Crippen LogP contribution in [-0.4, -0.2) is 31.9 Å². The van der Waals surface area contributed by atoms with Crippen LogP contribution in [0.3, 0.4) is 0 Å². The van der Waals surface area contributed by atoms with Crippen molar-refractivity contribution in [3.8, 4) is 0 Å². The van der Waals surface area contributed by atoms with Crippen LogP contribution < -0.4 is 0 Å². The molecule has 5 heteroatoms. The van der Waals surface area contributed by atoms with E-state index >= 15 is 0 Å². The molecular formula is C8H12O5. The Morgan fingerprint density at radius 2 is 2.08 bits per heavy atom. The molecule has 0 aliphatic carbocycles. The zero-order valence-electron chi connectivity index (χ0n) is 7.66. The number of rotatable bonds is 2. The lowest BCUT2D eigenvalue weighted by atomic mass is 9.94. The molecule has 1 rings (SSSR count). The van der Waals surface area contributed by atoms with Crippen LogP contribution in [0.2, 0.25) is 0 Å². The predicted molar refractivity (Wildman–Crippen MR) is 42.0 cm³/mol. The molecule has 0 N–H and O–H groups in total. The molecule has 1 heterocycles. The van der Waals surface area contributed by atoms with Crippen molar-refractivity contribution in [2.45, 2.75) is 13.8 Å².